The predicted molar refractivity (Wildman–Crippen MR) is 90.5 cm³/mol. The maximum atomic E-state index is 6.28. The van der Waals surface area contributed by atoms with Gasteiger partial charge >= 0.3 is 0 Å². The zero-order chi connectivity index (χ0) is 15.7. The van der Waals surface area contributed by atoms with Crippen LogP contribution in [0, 0.1) is 0 Å². The lowest BCUT2D eigenvalue weighted by Gasteiger charge is -2.35. The molecule has 4 nitrogen and oxygen atoms in total. The van der Waals surface area contributed by atoms with Crippen LogP contribution in [0.15, 0.2) is 28.7 Å². The van der Waals surface area contributed by atoms with Gasteiger partial charge in [-0.15, -0.1) is 0 Å². The van der Waals surface area contributed by atoms with E-state index in [0.29, 0.717) is 6.61 Å². The molecule has 0 fully saturated rings. The van der Waals surface area contributed by atoms with Gasteiger partial charge in [0.1, 0.15) is 0 Å². The second-order valence-electron chi connectivity index (χ2n) is 5.20. The SMILES string of the molecule is COCCCN(CCOC)C(c1ccccc1Br)C(C)N. The van der Waals surface area contributed by atoms with Crippen LogP contribution < -0.4 is 5.73 Å². The van der Waals surface area contributed by atoms with E-state index >= 15 is 0 Å². The van der Waals surface area contributed by atoms with Crippen LogP contribution >= 0.6 is 15.9 Å². The number of hydrogen-bond acceptors (Lipinski definition) is 4. The largest absolute Gasteiger partial charge is 0.385 e. The van der Waals surface area contributed by atoms with Crippen LogP contribution in [-0.2, 0) is 9.47 Å². The van der Waals surface area contributed by atoms with Gasteiger partial charge in [-0.2, -0.15) is 0 Å². The summed E-state index contributed by atoms with van der Waals surface area (Å²) in [5.74, 6) is 0. The van der Waals surface area contributed by atoms with Gasteiger partial charge in [-0.05, 0) is 25.0 Å². The van der Waals surface area contributed by atoms with Gasteiger partial charge in [-0.3, -0.25) is 4.90 Å². The van der Waals surface area contributed by atoms with Crippen LogP contribution in [0.2, 0.25) is 0 Å². The number of ether oxygens (including phenoxy) is 2. The molecule has 0 aromatic heterocycles. The Labute approximate surface area is 136 Å². The minimum Gasteiger partial charge on any atom is -0.385 e. The number of nitrogens with zero attached hydrogens (tertiary/aromatic N) is 1. The quantitative estimate of drug-likeness (QED) is 0.653. The van der Waals surface area contributed by atoms with E-state index in [1.807, 2.05) is 6.07 Å². The van der Waals surface area contributed by atoms with Crippen molar-refractivity contribution < 1.29 is 9.47 Å². The van der Waals surface area contributed by atoms with E-state index in [1.54, 1.807) is 14.2 Å². The van der Waals surface area contributed by atoms with Crippen molar-refractivity contribution in [3.05, 3.63) is 34.3 Å². The van der Waals surface area contributed by atoms with E-state index in [4.69, 9.17) is 15.2 Å². The van der Waals surface area contributed by atoms with Gasteiger partial charge in [0.2, 0.25) is 0 Å². The predicted octanol–water partition coefficient (Wildman–Crippen LogP) is 2.82. The lowest BCUT2D eigenvalue weighted by Crippen LogP contribution is -2.42. The topological polar surface area (TPSA) is 47.7 Å². The van der Waals surface area contributed by atoms with Crippen LogP contribution in [0.1, 0.15) is 24.9 Å². The Morgan fingerprint density at radius 2 is 1.81 bits per heavy atom. The third kappa shape index (κ3) is 6.04. The highest BCUT2D eigenvalue weighted by Gasteiger charge is 2.25. The molecule has 1 aromatic rings. The van der Waals surface area contributed by atoms with E-state index < -0.39 is 0 Å². The van der Waals surface area contributed by atoms with Gasteiger partial charge in [0, 0.05) is 44.4 Å². The lowest BCUT2D eigenvalue weighted by molar-refractivity contribution is 0.0978. The molecule has 0 aliphatic heterocycles. The van der Waals surface area contributed by atoms with Crippen molar-refractivity contribution in [2.45, 2.75) is 25.4 Å². The molecular formula is C16H27BrN2O2. The highest BCUT2D eigenvalue weighted by atomic mass is 79.9. The Kier molecular flexibility index (Phi) is 9.11. The highest BCUT2D eigenvalue weighted by molar-refractivity contribution is 9.10. The van der Waals surface area contributed by atoms with Crippen molar-refractivity contribution in [1.29, 1.82) is 0 Å². The Bertz CT molecular complexity index is 402. The molecule has 0 saturated heterocycles. The Morgan fingerprint density at radius 1 is 1.14 bits per heavy atom. The van der Waals surface area contributed by atoms with E-state index in [2.05, 4.69) is 46.0 Å². The smallest absolute Gasteiger partial charge is 0.0589 e. The first-order chi connectivity index (χ1) is 10.1. The number of nitrogens with two attached hydrogens (primary N) is 1. The molecule has 2 unspecified atom stereocenters. The second-order valence-corrected chi connectivity index (χ2v) is 6.05. The van der Waals surface area contributed by atoms with Gasteiger partial charge in [0.15, 0.2) is 0 Å². The molecule has 0 aliphatic carbocycles. The Balaban J connectivity index is 2.93. The Morgan fingerprint density at radius 3 is 2.38 bits per heavy atom. The minimum atomic E-state index is 0.0306. The van der Waals surface area contributed by atoms with E-state index in [0.717, 1.165) is 30.6 Å². The summed E-state index contributed by atoms with van der Waals surface area (Å²) in [6, 6.07) is 8.47. The van der Waals surface area contributed by atoms with E-state index in [-0.39, 0.29) is 12.1 Å². The van der Waals surface area contributed by atoms with Gasteiger partial charge in [-0.1, -0.05) is 34.1 Å². The minimum absolute atomic E-state index is 0.0306. The summed E-state index contributed by atoms with van der Waals surface area (Å²) in [6.45, 7) is 5.30. The first-order valence-corrected chi connectivity index (χ1v) is 8.13. The fraction of sp³-hybridized carbons (Fsp3) is 0.625. The van der Waals surface area contributed by atoms with Crippen molar-refractivity contribution in [2.24, 2.45) is 5.73 Å². The number of methoxy groups -OCH3 is 2. The van der Waals surface area contributed by atoms with Crippen LogP contribution in [0.4, 0.5) is 0 Å². The standard InChI is InChI=1S/C16H27BrN2O2/c1-13(18)16(14-7-4-5-8-15(14)17)19(10-12-21-3)9-6-11-20-2/h4-5,7-8,13,16H,6,9-12,18H2,1-3H3. The van der Waals surface area contributed by atoms with Gasteiger partial charge in [0.25, 0.3) is 0 Å². The van der Waals surface area contributed by atoms with Crippen LogP contribution in [0.3, 0.4) is 0 Å². The summed E-state index contributed by atoms with van der Waals surface area (Å²) in [5.41, 5.74) is 7.50. The lowest BCUT2D eigenvalue weighted by atomic mass is 9.99. The number of hydrogen-bond donors (Lipinski definition) is 1. The molecule has 0 saturated carbocycles. The first-order valence-electron chi connectivity index (χ1n) is 7.33. The molecule has 120 valence electrons. The molecular weight excluding hydrogens is 332 g/mol. The zero-order valence-corrected chi connectivity index (χ0v) is 14.8. The highest BCUT2D eigenvalue weighted by Crippen LogP contribution is 2.29. The molecule has 0 bridgehead atoms. The molecule has 21 heavy (non-hydrogen) atoms. The van der Waals surface area contributed by atoms with Gasteiger partial charge < -0.3 is 15.2 Å². The first kappa shape index (κ1) is 18.6. The third-order valence-electron chi connectivity index (χ3n) is 3.49. The normalized spacial score (nSPS) is 14.4. The molecule has 0 spiro atoms. The van der Waals surface area contributed by atoms with Crippen LogP contribution in [-0.4, -0.2) is 51.5 Å². The van der Waals surface area contributed by atoms with E-state index in [1.165, 1.54) is 5.56 Å². The summed E-state index contributed by atoms with van der Waals surface area (Å²) in [4.78, 5) is 2.38. The van der Waals surface area contributed by atoms with Crippen molar-refractivity contribution >= 4 is 15.9 Å². The Hall–Kier alpha value is -0.460. The maximum absolute atomic E-state index is 6.28. The number of halogens is 1. The van der Waals surface area contributed by atoms with E-state index in [9.17, 15) is 0 Å². The summed E-state index contributed by atoms with van der Waals surface area (Å²) >= 11 is 3.65. The summed E-state index contributed by atoms with van der Waals surface area (Å²) in [5, 5.41) is 0. The average molecular weight is 359 g/mol. The molecule has 0 radical (unpaired) electrons. The van der Waals surface area contributed by atoms with Gasteiger partial charge in [-0.25, -0.2) is 0 Å². The molecule has 2 atom stereocenters. The summed E-state index contributed by atoms with van der Waals surface area (Å²) in [7, 11) is 3.46. The van der Waals surface area contributed by atoms with Crippen molar-refractivity contribution in [3.63, 3.8) is 0 Å². The molecule has 0 heterocycles. The molecule has 2 N–H and O–H groups in total. The van der Waals surface area contributed by atoms with Crippen LogP contribution in [0.5, 0.6) is 0 Å². The molecule has 0 aliphatic rings. The molecule has 1 aromatic carbocycles. The zero-order valence-electron chi connectivity index (χ0n) is 13.2. The maximum Gasteiger partial charge on any atom is 0.0589 e. The second kappa shape index (κ2) is 10.3. The fourth-order valence-electron chi connectivity index (χ4n) is 2.54. The summed E-state index contributed by atoms with van der Waals surface area (Å²) < 4.78 is 11.5. The third-order valence-corrected chi connectivity index (χ3v) is 4.21. The van der Waals surface area contributed by atoms with Crippen molar-refractivity contribution in [1.82, 2.24) is 4.90 Å². The molecule has 1 rings (SSSR count). The monoisotopic (exact) mass is 358 g/mol. The molecule has 0 amide bonds. The average Bonchev–Trinajstić information content (AvgIpc) is 2.46. The van der Waals surface area contributed by atoms with Gasteiger partial charge in [0.05, 0.1) is 12.6 Å². The molecule has 5 heteroatoms. The fourth-order valence-corrected chi connectivity index (χ4v) is 3.06. The number of benzene rings is 1. The van der Waals surface area contributed by atoms with Crippen molar-refractivity contribution in [2.75, 3.05) is 40.5 Å². The summed E-state index contributed by atoms with van der Waals surface area (Å²) in [6.07, 6.45) is 0.980. The van der Waals surface area contributed by atoms with Crippen molar-refractivity contribution in [3.8, 4) is 0 Å². The number of rotatable bonds is 10. The van der Waals surface area contributed by atoms with Crippen LogP contribution in [0.25, 0.3) is 0 Å².